The van der Waals surface area contributed by atoms with Crippen molar-refractivity contribution in [3.63, 3.8) is 0 Å². The summed E-state index contributed by atoms with van der Waals surface area (Å²) in [7, 11) is 1.45. The SMILES string of the molecule is COc1nc(-n2ncc(CO)n2)cc(C)c1C#N. The normalized spacial score (nSPS) is 10.1. The second-order valence-electron chi connectivity index (χ2n) is 3.58. The minimum atomic E-state index is -0.188. The molecule has 0 aliphatic carbocycles. The lowest BCUT2D eigenvalue weighted by atomic mass is 10.1. The smallest absolute Gasteiger partial charge is 0.233 e. The van der Waals surface area contributed by atoms with E-state index in [1.807, 2.05) is 6.07 Å². The molecule has 2 aromatic rings. The molecule has 0 amide bonds. The minimum Gasteiger partial charge on any atom is -0.480 e. The van der Waals surface area contributed by atoms with Crippen LogP contribution in [0.5, 0.6) is 5.88 Å². The Morgan fingerprint density at radius 3 is 2.89 bits per heavy atom. The van der Waals surface area contributed by atoms with Gasteiger partial charge in [0, 0.05) is 0 Å². The lowest BCUT2D eigenvalue weighted by Crippen LogP contribution is -2.06. The molecule has 7 nitrogen and oxygen atoms in total. The predicted octanol–water partition coefficient (Wildman–Crippen LogP) is 0.343. The highest BCUT2D eigenvalue weighted by atomic mass is 16.5. The summed E-state index contributed by atoms with van der Waals surface area (Å²) >= 11 is 0. The van der Waals surface area contributed by atoms with Gasteiger partial charge in [-0.3, -0.25) is 0 Å². The first kappa shape index (κ1) is 12.0. The summed E-state index contributed by atoms with van der Waals surface area (Å²) in [6, 6.07) is 3.72. The molecule has 2 heterocycles. The zero-order chi connectivity index (χ0) is 13.1. The molecule has 2 rings (SSSR count). The molecule has 7 heteroatoms. The molecule has 2 aromatic heterocycles. The molecule has 0 saturated heterocycles. The Balaban J connectivity index is 2.53. The molecule has 0 unspecified atom stereocenters. The molecule has 0 atom stereocenters. The number of methoxy groups -OCH3 is 1. The number of pyridine rings is 1. The highest BCUT2D eigenvalue weighted by Gasteiger charge is 2.12. The van der Waals surface area contributed by atoms with Crippen LogP contribution >= 0.6 is 0 Å². The van der Waals surface area contributed by atoms with E-state index < -0.39 is 0 Å². The van der Waals surface area contributed by atoms with E-state index in [2.05, 4.69) is 15.2 Å². The number of hydrogen-bond acceptors (Lipinski definition) is 6. The largest absolute Gasteiger partial charge is 0.480 e. The molecule has 0 radical (unpaired) electrons. The van der Waals surface area contributed by atoms with Crippen molar-refractivity contribution in [1.82, 2.24) is 20.0 Å². The molecule has 0 aliphatic rings. The first-order valence-electron chi connectivity index (χ1n) is 5.17. The van der Waals surface area contributed by atoms with E-state index >= 15 is 0 Å². The van der Waals surface area contributed by atoms with Crippen molar-refractivity contribution in [2.24, 2.45) is 0 Å². The van der Waals surface area contributed by atoms with Gasteiger partial charge in [-0.2, -0.15) is 15.3 Å². The molecular formula is C11H11N5O2. The van der Waals surface area contributed by atoms with Gasteiger partial charge in [0.2, 0.25) is 5.88 Å². The van der Waals surface area contributed by atoms with Crippen LogP contribution in [0.3, 0.4) is 0 Å². The van der Waals surface area contributed by atoms with Crippen molar-refractivity contribution < 1.29 is 9.84 Å². The minimum absolute atomic E-state index is 0.188. The van der Waals surface area contributed by atoms with Gasteiger partial charge in [0.05, 0.1) is 19.9 Å². The van der Waals surface area contributed by atoms with Gasteiger partial charge in [-0.05, 0) is 18.6 Å². The fraction of sp³-hybridized carbons (Fsp3) is 0.273. The van der Waals surface area contributed by atoms with Crippen LogP contribution in [0.1, 0.15) is 16.8 Å². The zero-order valence-electron chi connectivity index (χ0n) is 9.95. The van der Waals surface area contributed by atoms with Crippen LogP contribution in [0.2, 0.25) is 0 Å². The second-order valence-corrected chi connectivity index (χ2v) is 3.58. The van der Waals surface area contributed by atoms with Gasteiger partial charge in [0.15, 0.2) is 5.82 Å². The summed E-state index contributed by atoms with van der Waals surface area (Å²) in [5, 5.41) is 25.9. The molecule has 0 aromatic carbocycles. The molecule has 0 saturated carbocycles. The fourth-order valence-electron chi connectivity index (χ4n) is 1.49. The van der Waals surface area contributed by atoms with Crippen LogP contribution in [0.15, 0.2) is 12.3 Å². The number of nitriles is 1. The van der Waals surface area contributed by atoms with Crippen molar-refractivity contribution in [1.29, 1.82) is 5.26 Å². The lowest BCUT2D eigenvalue weighted by molar-refractivity contribution is 0.276. The first-order valence-corrected chi connectivity index (χ1v) is 5.17. The van der Waals surface area contributed by atoms with Gasteiger partial charge in [-0.1, -0.05) is 0 Å². The topological polar surface area (TPSA) is 96.8 Å². The Morgan fingerprint density at radius 2 is 2.33 bits per heavy atom. The van der Waals surface area contributed by atoms with Crippen LogP contribution in [-0.2, 0) is 6.61 Å². The van der Waals surface area contributed by atoms with Gasteiger partial charge in [0.25, 0.3) is 0 Å². The fourth-order valence-corrected chi connectivity index (χ4v) is 1.49. The van der Waals surface area contributed by atoms with Gasteiger partial charge in [0.1, 0.15) is 17.3 Å². The number of hydrogen-bond donors (Lipinski definition) is 1. The van der Waals surface area contributed by atoms with E-state index in [4.69, 9.17) is 15.1 Å². The summed E-state index contributed by atoms with van der Waals surface area (Å²) in [5.41, 5.74) is 1.55. The lowest BCUT2D eigenvalue weighted by Gasteiger charge is -2.07. The number of aliphatic hydroxyl groups is 1. The van der Waals surface area contributed by atoms with Gasteiger partial charge < -0.3 is 9.84 Å². The van der Waals surface area contributed by atoms with E-state index in [1.165, 1.54) is 18.1 Å². The van der Waals surface area contributed by atoms with Crippen LogP contribution < -0.4 is 4.74 Å². The average Bonchev–Trinajstić information content (AvgIpc) is 2.86. The average molecular weight is 245 g/mol. The van der Waals surface area contributed by atoms with Crippen molar-refractivity contribution in [3.05, 3.63) is 29.1 Å². The molecule has 92 valence electrons. The number of aliphatic hydroxyl groups excluding tert-OH is 1. The van der Waals surface area contributed by atoms with E-state index in [9.17, 15) is 0 Å². The van der Waals surface area contributed by atoms with Crippen molar-refractivity contribution in [3.8, 4) is 17.8 Å². The van der Waals surface area contributed by atoms with Crippen LogP contribution in [0.4, 0.5) is 0 Å². The molecule has 18 heavy (non-hydrogen) atoms. The summed E-state index contributed by atoms with van der Waals surface area (Å²) in [6.45, 7) is 1.59. The quantitative estimate of drug-likeness (QED) is 0.837. The van der Waals surface area contributed by atoms with Crippen molar-refractivity contribution >= 4 is 0 Å². The molecule has 1 N–H and O–H groups in total. The summed E-state index contributed by atoms with van der Waals surface area (Å²) in [5.74, 6) is 0.665. The van der Waals surface area contributed by atoms with E-state index in [1.54, 1.807) is 13.0 Å². The standard InChI is InChI=1S/C11H11N5O2/c1-7-3-10(14-11(18-2)9(7)4-12)16-13-5-8(6-17)15-16/h3,5,17H,6H2,1-2H3. The number of aromatic nitrogens is 4. The monoisotopic (exact) mass is 245 g/mol. The molecule has 0 fully saturated rings. The maximum atomic E-state index is 8.99. The Morgan fingerprint density at radius 1 is 1.56 bits per heavy atom. The number of ether oxygens (including phenoxy) is 1. The molecular weight excluding hydrogens is 234 g/mol. The summed E-state index contributed by atoms with van der Waals surface area (Å²) in [6.07, 6.45) is 1.45. The number of aryl methyl sites for hydroxylation is 1. The highest BCUT2D eigenvalue weighted by molar-refractivity contribution is 5.47. The van der Waals surface area contributed by atoms with E-state index in [0.29, 0.717) is 17.1 Å². The number of rotatable bonds is 3. The summed E-state index contributed by atoms with van der Waals surface area (Å²) < 4.78 is 5.06. The third-order valence-corrected chi connectivity index (χ3v) is 2.38. The zero-order valence-corrected chi connectivity index (χ0v) is 9.95. The Kier molecular flexibility index (Phi) is 3.21. The summed E-state index contributed by atoms with van der Waals surface area (Å²) in [4.78, 5) is 5.43. The first-order chi connectivity index (χ1) is 8.69. The van der Waals surface area contributed by atoms with Crippen LogP contribution in [-0.4, -0.2) is 32.2 Å². The Labute approximate surface area is 103 Å². The molecule has 0 spiro atoms. The third kappa shape index (κ3) is 2.01. The maximum absolute atomic E-state index is 8.99. The van der Waals surface area contributed by atoms with E-state index in [-0.39, 0.29) is 12.5 Å². The van der Waals surface area contributed by atoms with Gasteiger partial charge in [-0.25, -0.2) is 0 Å². The van der Waals surface area contributed by atoms with Crippen LogP contribution in [0.25, 0.3) is 5.82 Å². The van der Waals surface area contributed by atoms with Crippen molar-refractivity contribution in [2.75, 3.05) is 7.11 Å². The molecule has 0 bridgehead atoms. The molecule has 0 aliphatic heterocycles. The van der Waals surface area contributed by atoms with E-state index in [0.717, 1.165) is 5.56 Å². The van der Waals surface area contributed by atoms with Gasteiger partial charge in [-0.15, -0.1) is 9.90 Å². The van der Waals surface area contributed by atoms with Crippen LogP contribution in [0, 0.1) is 18.3 Å². The Hall–Kier alpha value is -2.46. The number of nitrogens with zero attached hydrogens (tertiary/aromatic N) is 5. The predicted molar refractivity (Wildman–Crippen MR) is 61.1 cm³/mol. The maximum Gasteiger partial charge on any atom is 0.233 e. The highest BCUT2D eigenvalue weighted by Crippen LogP contribution is 2.20. The second kappa shape index (κ2) is 4.81. The Bertz CT molecular complexity index is 614. The third-order valence-electron chi connectivity index (χ3n) is 2.38. The van der Waals surface area contributed by atoms with Crippen molar-refractivity contribution in [2.45, 2.75) is 13.5 Å². The van der Waals surface area contributed by atoms with Gasteiger partial charge >= 0.3 is 0 Å².